The molecule has 2 aromatic rings. The molecule has 1 atom stereocenters. The number of likely N-dealkylation sites (tertiary alicyclic amines) is 1. The summed E-state index contributed by atoms with van der Waals surface area (Å²) in [5.41, 5.74) is 2.57. The minimum Gasteiger partial charge on any atom is -0.598 e. The molecule has 1 fully saturated rings. The van der Waals surface area contributed by atoms with Gasteiger partial charge in [0.2, 0.25) is 0 Å². The summed E-state index contributed by atoms with van der Waals surface area (Å²) in [6.45, 7) is 2.36. The van der Waals surface area contributed by atoms with Crippen LogP contribution in [0.25, 0.3) is 11.1 Å². The fourth-order valence-corrected chi connectivity index (χ4v) is 4.14. The van der Waals surface area contributed by atoms with E-state index >= 15 is 0 Å². The van der Waals surface area contributed by atoms with Crippen LogP contribution in [0.1, 0.15) is 18.4 Å². The maximum atomic E-state index is 13.5. The summed E-state index contributed by atoms with van der Waals surface area (Å²) in [6, 6.07) is 11.7. The lowest BCUT2D eigenvalue weighted by Gasteiger charge is -2.32. The molecule has 0 aromatic heterocycles. The SMILES string of the molecule is C[S+](=O)([O-])NC1CCN(Cc2cccc(-c3ccc(F)c(F)c3)c2)CC1. The summed E-state index contributed by atoms with van der Waals surface area (Å²) in [4.78, 5) is 2.27. The second kappa shape index (κ2) is 7.92. The van der Waals surface area contributed by atoms with E-state index in [9.17, 15) is 17.5 Å². The summed E-state index contributed by atoms with van der Waals surface area (Å²) >= 11 is 0. The summed E-state index contributed by atoms with van der Waals surface area (Å²) in [6.07, 6.45) is 2.73. The molecule has 140 valence electrons. The highest BCUT2D eigenvalue weighted by atomic mass is 32.3. The molecular weight excluding hydrogens is 358 g/mol. The van der Waals surface area contributed by atoms with Crippen LogP contribution in [0.3, 0.4) is 0 Å². The Morgan fingerprint density at radius 2 is 1.81 bits per heavy atom. The number of rotatable bonds is 5. The third kappa shape index (κ3) is 5.17. The number of hydrogen-bond donors (Lipinski definition) is 1. The van der Waals surface area contributed by atoms with E-state index in [-0.39, 0.29) is 6.04 Å². The number of hydrogen-bond acceptors (Lipinski definition) is 3. The molecule has 26 heavy (non-hydrogen) atoms. The molecule has 4 nitrogen and oxygen atoms in total. The van der Waals surface area contributed by atoms with Crippen LogP contribution < -0.4 is 4.72 Å². The van der Waals surface area contributed by atoms with Crippen molar-refractivity contribution in [2.75, 3.05) is 19.3 Å². The van der Waals surface area contributed by atoms with Gasteiger partial charge in [-0.05, 0) is 47.7 Å². The topological polar surface area (TPSA) is 55.4 Å². The van der Waals surface area contributed by atoms with Gasteiger partial charge < -0.3 is 4.55 Å². The maximum Gasteiger partial charge on any atom is 0.159 e. The van der Waals surface area contributed by atoms with Gasteiger partial charge in [-0.3, -0.25) is 4.90 Å². The van der Waals surface area contributed by atoms with Crippen LogP contribution in [0.4, 0.5) is 8.78 Å². The third-order valence-corrected chi connectivity index (χ3v) is 5.32. The summed E-state index contributed by atoms with van der Waals surface area (Å²) in [7, 11) is -3.17. The van der Waals surface area contributed by atoms with Crippen molar-refractivity contribution in [3.05, 3.63) is 59.7 Å². The first-order valence-corrected chi connectivity index (χ1v) is 10.4. The van der Waals surface area contributed by atoms with Crippen molar-refractivity contribution in [1.29, 1.82) is 0 Å². The summed E-state index contributed by atoms with van der Waals surface area (Å²) in [5, 5.41) is 0. The Morgan fingerprint density at radius 3 is 2.46 bits per heavy atom. The highest BCUT2D eigenvalue weighted by molar-refractivity contribution is 7.95. The van der Waals surface area contributed by atoms with Crippen molar-refractivity contribution >= 4 is 10.4 Å². The molecule has 0 saturated carbocycles. The lowest BCUT2D eigenvalue weighted by molar-refractivity contribution is 0.199. The number of halogens is 2. The van der Waals surface area contributed by atoms with Gasteiger partial charge in [0, 0.05) is 19.6 Å². The van der Waals surface area contributed by atoms with Gasteiger partial charge in [-0.15, -0.1) is 4.72 Å². The zero-order valence-corrected chi connectivity index (χ0v) is 15.4. The molecule has 0 bridgehead atoms. The van der Waals surface area contributed by atoms with Gasteiger partial charge in [0.05, 0.1) is 6.04 Å². The van der Waals surface area contributed by atoms with Gasteiger partial charge >= 0.3 is 0 Å². The monoisotopic (exact) mass is 380 g/mol. The first-order chi connectivity index (χ1) is 12.3. The Balaban J connectivity index is 1.63. The minimum atomic E-state index is -3.17. The van der Waals surface area contributed by atoms with E-state index in [1.54, 1.807) is 6.07 Å². The molecule has 1 N–H and O–H groups in total. The van der Waals surface area contributed by atoms with E-state index in [4.69, 9.17) is 0 Å². The van der Waals surface area contributed by atoms with Crippen LogP contribution in [-0.4, -0.2) is 34.8 Å². The van der Waals surface area contributed by atoms with Gasteiger partial charge in [-0.1, -0.05) is 28.5 Å². The summed E-state index contributed by atoms with van der Waals surface area (Å²) in [5.74, 6) is -1.70. The molecule has 1 unspecified atom stereocenters. The lowest BCUT2D eigenvalue weighted by Crippen LogP contribution is -2.45. The van der Waals surface area contributed by atoms with Crippen molar-refractivity contribution in [2.45, 2.75) is 25.4 Å². The second-order valence-electron chi connectivity index (χ2n) is 6.77. The lowest BCUT2D eigenvalue weighted by atomic mass is 10.0. The molecule has 7 heteroatoms. The Morgan fingerprint density at radius 1 is 1.12 bits per heavy atom. The van der Waals surface area contributed by atoms with Crippen molar-refractivity contribution in [2.24, 2.45) is 0 Å². The molecule has 0 amide bonds. The van der Waals surface area contributed by atoms with E-state index in [0.717, 1.165) is 49.7 Å². The van der Waals surface area contributed by atoms with Gasteiger partial charge in [0.1, 0.15) is 16.7 Å². The molecule has 0 spiro atoms. The first-order valence-electron chi connectivity index (χ1n) is 8.54. The predicted octanol–water partition coefficient (Wildman–Crippen LogP) is 3.36. The molecule has 1 saturated heterocycles. The average Bonchev–Trinajstić information content (AvgIpc) is 2.58. The standard InChI is InChI=1S/C19H22F2N2O2S/c1-26(24,25)22-17-7-9-23(10-8-17)13-14-3-2-4-15(11-14)16-5-6-18(20)19(21)12-16/h2-6,11-12,17H,7-10,13H2,1H3,(H-,22,24,25). The van der Waals surface area contributed by atoms with E-state index in [2.05, 4.69) is 9.62 Å². The van der Waals surface area contributed by atoms with Gasteiger partial charge in [0.25, 0.3) is 0 Å². The predicted molar refractivity (Wildman–Crippen MR) is 98.0 cm³/mol. The number of piperidine rings is 1. The van der Waals surface area contributed by atoms with E-state index < -0.39 is 22.0 Å². The fourth-order valence-electron chi connectivity index (χ4n) is 3.29. The molecule has 2 aromatic carbocycles. The molecule has 3 rings (SSSR count). The summed E-state index contributed by atoms with van der Waals surface area (Å²) < 4.78 is 51.9. The van der Waals surface area contributed by atoms with Crippen LogP contribution >= 0.6 is 0 Å². The second-order valence-corrected chi connectivity index (χ2v) is 8.55. The maximum absolute atomic E-state index is 13.5. The zero-order valence-electron chi connectivity index (χ0n) is 14.6. The van der Waals surface area contributed by atoms with Crippen LogP contribution in [0.5, 0.6) is 0 Å². The van der Waals surface area contributed by atoms with Crippen molar-refractivity contribution in [3.63, 3.8) is 0 Å². The molecular formula is C19H22F2N2O2S. The number of sulfonamides is 1. The first kappa shape index (κ1) is 19.1. The average molecular weight is 380 g/mol. The number of nitrogens with zero attached hydrogens (tertiary/aromatic N) is 1. The fraction of sp³-hybridized carbons (Fsp3) is 0.368. The Labute approximate surface area is 153 Å². The third-order valence-electron chi connectivity index (χ3n) is 4.55. The Kier molecular flexibility index (Phi) is 5.82. The zero-order chi connectivity index (χ0) is 18.7. The normalized spacial score (nSPS) is 18.6. The molecule has 0 aliphatic carbocycles. The molecule has 1 heterocycles. The Bertz CT molecular complexity index is 817. The van der Waals surface area contributed by atoms with Crippen LogP contribution in [-0.2, 0) is 21.2 Å². The van der Waals surface area contributed by atoms with Gasteiger partial charge in [-0.25, -0.2) is 8.78 Å². The van der Waals surface area contributed by atoms with Crippen LogP contribution in [0.2, 0.25) is 0 Å². The van der Waals surface area contributed by atoms with Crippen molar-refractivity contribution in [1.82, 2.24) is 9.62 Å². The highest BCUT2D eigenvalue weighted by Crippen LogP contribution is 2.24. The minimum absolute atomic E-state index is 0.00484. The van der Waals surface area contributed by atoms with Crippen molar-refractivity contribution < 1.29 is 17.5 Å². The number of benzene rings is 2. The van der Waals surface area contributed by atoms with Crippen LogP contribution in [0, 0.1) is 11.6 Å². The van der Waals surface area contributed by atoms with E-state index in [1.165, 1.54) is 12.3 Å². The van der Waals surface area contributed by atoms with Gasteiger partial charge in [-0.2, -0.15) is 0 Å². The van der Waals surface area contributed by atoms with Gasteiger partial charge in [0.15, 0.2) is 11.6 Å². The van der Waals surface area contributed by atoms with E-state index in [1.807, 2.05) is 24.3 Å². The molecule has 0 radical (unpaired) electrons. The highest BCUT2D eigenvalue weighted by Gasteiger charge is 2.23. The van der Waals surface area contributed by atoms with Crippen LogP contribution in [0.15, 0.2) is 42.5 Å². The molecule has 1 aliphatic heterocycles. The Hall–Kier alpha value is -1.67. The smallest absolute Gasteiger partial charge is 0.159 e. The van der Waals surface area contributed by atoms with E-state index in [0.29, 0.717) is 5.56 Å². The largest absolute Gasteiger partial charge is 0.598 e. The quantitative estimate of drug-likeness (QED) is 0.810. The number of nitrogens with one attached hydrogen (secondary N) is 1. The molecule has 1 aliphatic rings. The van der Waals surface area contributed by atoms with Crippen molar-refractivity contribution in [3.8, 4) is 11.1 Å².